The lowest BCUT2D eigenvalue weighted by molar-refractivity contribution is 0.0958. The third-order valence-corrected chi connectivity index (χ3v) is 4.21. The predicted molar refractivity (Wildman–Crippen MR) is 122 cm³/mol. The lowest BCUT2D eigenvalue weighted by Gasteiger charge is -2.16. The topological polar surface area (TPSA) is 165 Å². The van der Waals surface area contributed by atoms with E-state index in [1.165, 1.54) is 26.4 Å². The molecule has 13 heteroatoms. The number of benzene rings is 1. The van der Waals surface area contributed by atoms with Crippen LogP contribution < -0.4 is 26.6 Å². The van der Waals surface area contributed by atoms with Gasteiger partial charge in [-0.3, -0.25) is 9.79 Å². The third-order valence-electron chi connectivity index (χ3n) is 4.21. The molecule has 33 heavy (non-hydrogen) atoms. The summed E-state index contributed by atoms with van der Waals surface area (Å²) in [5.74, 6) is 5.44. The van der Waals surface area contributed by atoms with Crippen LogP contribution in [0.3, 0.4) is 0 Å². The molecule has 0 unspecified atom stereocenters. The lowest BCUT2D eigenvalue weighted by Crippen LogP contribution is -2.31. The molecule has 12 nitrogen and oxygen atoms in total. The monoisotopic (exact) mass is 452 g/mol. The number of nitrogens with one attached hydrogen (secondary N) is 3. The van der Waals surface area contributed by atoms with Gasteiger partial charge in [0.05, 0.1) is 42.7 Å². The first-order valence-corrected chi connectivity index (χ1v) is 9.49. The van der Waals surface area contributed by atoms with Crippen LogP contribution in [0, 0.1) is 5.82 Å². The molecular formula is C20H21FN10O2. The van der Waals surface area contributed by atoms with E-state index in [-0.39, 0.29) is 23.2 Å². The van der Waals surface area contributed by atoms with Gasteiger partial charge in [-0.2, -0.15) is 0 Å². The molecule has 0 saturated carbocycles. The molecule has 3 aromatic rings. The molecule has 0 aliphatic heterocycles. The number of hydrogen-bond acceptors (Lipinski definition) is 10. The Bertz CT molecular complexity index is 1200. The number of nitrogens with zero attached hydrogens (tertiary/aromatic N) is 6. The Morgan fingerprint density at radius 2 is 1.97 bits per heavy atom. The number of halogens is 1. The minimum absolute atomic E-state index is 0.0216. The second-order valence-corrected chi connectivity index (χ2v) is 6.31. The number of nitrogens with two attached hydrogens (primary N) is 1. The molecule has 0 bridgehead atoms. The quantitative estimate of drug-likeness (QED) is 0.179. The van der Waals surface area contributed by atoms with E-state index < -0.39 is 11.7 Å². The van der Waals surface area contributed by atoms with E-state index in [2.05, 4.69) is 46.2 Å². The molecular weight excluding hydrogens is 431 g/mol. The minimum Gasteiger partial charge on any atom is -0.494 e. The molecule has 5 N–H and O–H groups in total. The van der Waals surface area contributed by atoms with Crippen LogP contribution in [0.25, 0.3) is 11.4 Å². The average molecular weight is 452 g/mol. The van der Waals surface area contributed by atoms with Gasteiger partial charge in [-0.25, -0.2) is 25.2 Å². The fourth-order valence-corrected chi connectivity index (χ4v) is 2.79. The molecule has 2 aromatic heterocycles. The summed E-state index contributed by atoms with van der Waals surface area (Å²) in [7, 11) is 4.50. The lowest BCUT2D eigenvalue weighted by atomic mass is 10.1. The summed E-state index contributed by atoms with van der Waals surface area (Å²) in [5, 5.41) is 13.6. The van der Waals surface area contributed by atoms with Crippen LogP contribution in [0.4, 0.5) is 21.6 Å². The van der Waals surface area contributed by atoms with Crippen LogP contribution in [0.5, 0.6) is 5.75 Å². The molecule has 170 valence electrons. The van der Waals surface area contributed by atoms with Crippen LogP contribution in [-0.4, -0.2) is 59.3 Å². The highest BCUT2D eigenvalue weighted by atomic mass is 19.1. The van der Waals surface area contributed by atoms with Gasteiger partial charge >= 0.3 is 0 Å². The number of hydrogen-bond donors (Lipinski definition) is 4. The Kier molecular flexibility index (Phi) is 7.49. The number of carbonyl (C=O) groups is 1. The number of amides is 1. The first-order chi connectivity index (χ1) is 16.0. The predicted octanol–water partition coefficient (Wildman–Crippen LogP) is 1.38. The molecule has 3 rings (SSSR count). The number of hydrazine groups is 1. The summed E-state index contributed by atoms with van der Waals surface area (Å²) in [5.41, 5.74) is 3.69. The molecule has 0 aliphatic rings. The average Bonchev–Trinajstić information content (AvgIpc) is 2.84. The van der Waals surface area contributed by atoms with E-state index in [0.717, 1.165) is 12.4 Å². The van der Waals surface area contributed by atoms with Gasteiger partial charge in [0.2, 0.25) is 0 Å². The minimum atomic E-state index is -0.558. The maximum atomic E-state index is 13.3. The summed E-state index contributed by atoms with van der Waals surface area (Å²) in [6.07, 6.45) is 3.52. The number of para-hydroxylation sites is 1. The number of aliphatic imine (C=N–C) groups is 2. The Labute approximate surface area is 188 Å². The van der Waals surface area contributed by atoms with Gasteiger partial charge < -0.3 is 20.8 Å². The van der Waals surface area contributed by atoms with Gasteiger partial charge in [0, 0.05) is 20.2 Å². The normalized spacial score (nSPS) is 11.4. The van der Waals surface area contributed by atoms with Gasteiger partial charge in [-0.05, 0) is 12.1 Å². The van der Waals surface area contributed by atoms with E-state index in [9.17, 15) is 9.18 Å². The highest BCUT2D eigenvalue weighted by molar-refractivity contribution is 6.29. The fraction of sp³-hybridized carbons (Fsp3) is 0.150. The van der Waals surface area contributed by atoms with Crippen molar-refractivity contribution < 1.29 is 13.9 Å². The Hall–Kier alpha value is -4.52. The Balaban J connectivity index is 2.09. The number of carbonyl (C=O) groups excluding carboxylic acids is 1. The maximum absolute atomic E-state index is 13.3. The van der Waals surface area contributed by atoms with Crippen molar-refractivity contribution in [1.82, 2.24) is 30.9 Å². The van der Waals surface area contributed by atoms with Crippen molar-refractivity contribution in [2.24, 2.45) is 15.8 Å². The largest absolute Gasteiger partial charge is 0.494 e. The van der Waals surface area contributed by atoms with Crippen molar-refractivity contribution in [1.29, 1.82) is 0 Å². The molecule has 0 radical (unpaired) electrons. The zero-order valence-electron chi connectivity index (χ0n) is 18.0. The van der Waals surface area contributed by atoms with Crippen LogP contribution in [0.15, 0.2) is 46.6 Å². The van der Waals surface area contributed by atoms with E-state index in [4.69, 9.17) is 10.6 Å². The van der Waals surface area contributed by atoms with Crippen molar-refractivity contribution in [3.63, 3.8) is 0 Å². The Morgan fingerprint density at radius 1 is 1.21 bits per heavy atom. The van der Waals surface area contributed by atoms with Gasteiger partial charge in [0.25, 0.3) is 5.91 Å². The van der Waals surface area contributed by atoms with Crippen LogP contribution >= 0.6 is 0 Å². The van der Waals surface area contributed by atoms with Crippen molar-refractivity contribution >= 4 is 35.2 Å². The van der Waals surface area contributed by atoms with E-state index in [1.807, 2.05) is 0 Å². The van der Waals surface area contributed by atoms with Gasteiger partial charge in [-0.15, -0.1) is 10.2 Å². The fourth-order valence-electron chi connectivity index (χ4n) is 2.79. The summed E-state index contributed by atoms with van der Waals surface area (Å²) in [6, 6.07) is 6.69. The van der Waals surface area contributed by atoms with E-state index in [0.29, 0.717) is 22.7 Å². The summed E-state index contributed by atoms with van der Waals surface area (Å²) < 4.78 is 18.8. The zero-order valence-corrected chi connectivity index (χ0v) is 18.0. The third kappa shape index (κ3) is 5.40. The molecule has 0 saturated heterocycles. The highest BCUT2D eigenvalue weighted by Crippen LogP contribution is 2.37. The first-order valence-electron chi connectivity index (χ1n) is 9.49. The molecule has 1 amide bonds. The second-order valence-electron chi connectivity index (χ2n) is 6.31. The number of ether oxygens (including phenoxy) is 1. The summed E-state index contributed by atoms with van der Waals surface area (Å²) in [4.78, 5) is 28.4. The smallest absolute Gasteiger partial charge is 0.273 e. The molecule has 0 fully saturated rings. The zero-order chi connectivity index (χ0) is 23.8. The van der Waals surface area contributed by atoms with Crippen molar-refractivity contribution in [3.8, 4) is 17.1 Å². The number of rotatable bonds is 7. The number of aromatic nitrogens is 4. The van der Waals surface area contributed by atoms with Gasteiger partial charge in [-0.1, -0.05) is 6.07 Å². The summed E-state index contributed by atoms with van der Waals surface area (Å²) in [6.45, 7) is 0. The van der Waals surface area contributed by atoms with Crippen molar-refractivity contribution in [2.75, 3.05) is 26.5 Å². The molecule has 0 atom stereocenters. The summed E-state index contributed by atoms with van der Waals surface area (Å²) >= 11 is 0. The maximum Gasteiger partial charge on any atom is 0.273 e. The highest BCUT2D eigenvalue weighted by Gasteiger charge is 2.18. The van der Waals surface area contributed by atoms with Crippen molar-refractivity contribution in [2.45, 2.75) is 0 Å². The molecule has 2 heterocycles. The number of methoxy groups -OCH3 is 1. The van der Waals surface area contributed by atoms with Gasteiger partial charge in [0.15, 0.2) is 34.7 Å². The standard InChI is InChI=1S/C20H21FN10O2/c1-23-10-16(29-22)28-15-7-14(17(31-30-15)20(32)24-2)27-13-6-4-5-12(18(13)33-3)19-25-8-11(21)9-26-19/h4-10H,22H2,1-3H3,(H,24,32)(H2,27,28,29,30). The molecule has 0 aliphatic carbocycles. The SMILES string of the molecule is CN=CC(=Nc1cc(Nc2cccc(-c3ncc(F)cn3)c2OC)c(C(=O)NC)nn1)NN. The van der Waals surface area contributed by atoms with Crippen LogP contribution in [0.2, 0.25) is 0 Å². The van der Waals surface area contributed by atoms with Crippen molar-refractivity contribution in [3.05, 3.63) is 48.2 Å². The molecule has 0 spiro atoms. The first kappa shape index (κ1) is 23.1. The van der Waals surface area contributed by atoms with Crippen LogP contribution in [-0.2, 0) is 0 Å². The Morgan fingerprint density at radius 3 is 2.61 bits per heavy atom. The molecule has 1 aromatic carbocycles. The van der Waals surface area contributed by atoms with Gasteiger partial charge in [0.1, 0.15) is 0 Å². The van der Waals surface area contributed by atoms with E-state index in [1.54, 1.807) is 25.2 Å². The second kappa shape index (κ2) is 10.7. The van der Waals surface area contributed by atoms with Crippen LogP contribution in [0.1, 0.15) is 10.5 Å². The number of amidine groups is 1. The van der Waals surface area contributed by atoms with E-state index >= 15 is 0 Å². The number of anilines is 2.